The van der Waals surface area contributed by atoms with Crippen molar-refractivity contribution in [3.05, 3.63) is 430 Å². The van der Waals surface area contributed by atoms with E-state index in [0.29, 0.717) is 0 Å². The van der Waals surface area contributed by atoms with Crippen LogP contribution >= 0.6 is 0 Å². The summed E-state index contributed by atoms with van der Waals surface area (Å²) in [5.74, 6) is 0. The van der Waals surface area contributed by atoms with Gasteiger partial charge >= 0.3 is 0 Å². The van der Waals surface area contributed by atoms with Gasteiger partial charge in [0.05, 0.1) is 44.1 Å². The van der Waals surface area contributed by atoms with Crippen molar-refractivity contribution < 1.29 is 0 Å². The quantitative estimate of drug-likeness (QED) is 0.132. The van der Waals surface area contributed by atoms with Crippen LogP contribution in [0.15, 0.2) is 341 Å². The standard InChI is InChI=1S/4C31H18N4/c1-2-5-19-17(4-1)14-23-20(19)8-7-18-15-24-21(28(18)23)9-10-22-29(24)25-16-32-13-11-26(25)35-27-6-3-12-33-30(27)34-31(22)35;1-2-5-19-17(4-1)14-18-7-8-20-21-9-10-22-29(24(21)15-23(20)28(18)19)25-16-32-13-11-26(25)35-27-6-3-12-33-30(27)34-31(22)35;1-2-5-18-17(4-1)14-23-19(18)7-8-20-21-9-10-22-29(25(21)15-24(20)23)26-16-32-13-11-27(26)35-28-6-3-12-33-30(28)34-31(22)35;1-2-5-20-17(4-1)12-18-13-24-19(14-23(18)20)15-25-21(24)7-8-22-29(25)26-16-32-11-9-27(26)35-28-6-3-10-33-30(28)34-31(22)35/h3*1-13,16H,14-15H2;1-11,13-14,16H,12,15H2. The molecule has 0 aliphatic heterocycles. The van der Waals surface area contributed by atoms with Crippen LogP contribution < -0.4 is 0 Å². The number of nitrogens with zero attached hydrogens (tertiary/aromatic N) is 16. The minimum Gasteiger partial charge on any atom is -0.290 e. The fourth-order valence-electron chi connectivity index (χ4n) is 26.3. The van der Waals surface area contributed by atoms with Crippen LogP contribution in [0.4, 0.5) is 0 Å². The molecule has 16 aromatic heterocycles. The first-order valence-electron chi connectivity index (χ1n) is 48.2. The van der Waals surface area contributed by atoms with E-state index in [1.54, 1.807) is 0 Å². The van der Waals surface area contributed by atoms with E-state index in [2.05, 4.69) is 300 Å². The molecule has 8 aliphatic rings. The van der Waals surface area contributed by atoms with Gasteiger partial charge in [0.15, 0.2) is 22.6 Å². The summed E-state index contributed by atoms with van der Waals surface area (Å²) in [5.41, 5.74) is 60.6. The van der Waals surface area contributed by atoms with Crippen molar-refractivity contribution in [3.8, 4) is 89.0 Å². The highest BCUT2D eigenvalue weighted by atomic mass is 15.1. The SMILES string of the molecule is c1ccc2c(c1)Cc1c-2ccc2c1-c1ccc3c(c1C2)c1cnccc1n1c2cccnc2nc31.c1ccc2c(c1)Cc1c-2ccc2c1Cc1c-2ccc2c1c1cnccc1n1c3cccnc3nc21.c1ccc2c(c1)Cc1cc3c(cc1-2)Cc1c-3ccc2c1c1cnccc1n1c3cccnc3nc21.c1ccc2c(c1)Cc1ccc3c(c1-2)Cc1c-3ccc2c1c1cnccc1n1c3cccnc3nc21. The minimum atomic E-state index is 0.774. The summed E-state index contributed by atoms with van der Waals surface area (Å²) in [7, 11) is 0. The van der Waals surface area contributed by atoms with Gasteiger partial charge in [-0.1, -0.05) is 158 Å². The maximum Gasteiger partial charge on any atom is 0.178 e. The Labute approximate surface area is 796 Å². The molecule has 0 bridgehead atoms. The van der Waals surface area contributed by atoms with Crippen LogP contribution in [0.25, 0.3) is 243 Å². The normalized spacial score (nSPS) is 13.5. The van der Waals surface area contributed by atoms with Crippen LogP contribution in [0.5, 0.6) is 0 Å². The second-order valence-electron chi connectivity index (χ2n) is 38.7. The average molecular weight is 1790 g/mol. The number of hydrogen-bond donors (Lipinski definition) is 0. The molecule has 140 heavy (non-hydrogen) atoms. The van der Waals surface area contributed by atoms with Crippen molar-refractivity contribution >= 4 is 154 Å². The van der Waals surface area contributed by atoms with Crippen LogP contribution in [-0.2, 0) is 51.4 Å². The molecule has 28 aromatic rings. The number of imidazole rings is 4. The Morgan fingerprint density at radius 3 is 0.914 bits per heavy atom. The van der Waals surface area contributed by atoms with Gasteiger partial charge in [-0.25, -0.2) is 39.9 Å². The van der Waals surface area contributed by atoms with Crippen molar-refractivity contribution in [1.29, 1.82) is 0 Å². The Morgan fingerprint density at radius 1 is 0.171 bits per heavy atom. The third-order valence-electron chi connectivity index (χ3n) is 32.0. The molecule has 0 N–H and O–H groups in total. The van der Waals surface area contributed by atoms with Crippen molar-refractivity contribution in [2.75, 3.05) is 0 Å². The van der Waals surface area contributed by atoms with E-state index in [0.717, 1.165) is 162 Å². The van der Waals surface area contributed by atoms with E-state index in [9.17, 15) is 0 Å². The fourth-order valence-corrected chi connectivity index (χ4v) is 26.3. The van der Waals surface area contributed by atoms with Gasteiger partial charge in [-0.05, 0) is 339 Å². The lowest BCUT2D eigenvalue weighted by molar-refractivity contribution is 1.17. The fraction of sp³-hybridized carbons (Fsp3) is 0.0645. The van der Waals surface area contributed by atoms with Gasteiger partial charge in [0.1, 0.15) is 22.6 Å². The zero-order chi connectivity index (χ0) is 90.7. The molecular weight excluding hydrogens is 1710 g/mol. The zero-order valence-electron chi connectivity index (χ0n) is 75.1. The van der Waals surface area contributed by atoms with Crippen LogP contribution in [0, 0.1) is 0 Å². The summed E-state index contributed by atoms with van der Waals surface area (Å²) in [6.07, 6.45) is 30.6. The van der Waals surface area contributed by atoms with Crippen LogP contribution in [0.2, 0.25) is 0 Å². The molecule has 0 atom stereocenters. The number of benzene rings is 12. The summed E-state index contributed by atoms with van der Waals surface area (Å²) < 4.78 is 8.96. The first kappa shape index (κ1) is 75.1. The minimum absolute atomic E-state index is 0.774. The van der Waals surface area contributed by atoms with E-state index >= 15 is 0 Å². The van der Waals surface area contributed by atoms with E-state index in [1.165, 1.54) is 221 Å². The maximum absolute atomic E-state index is 4.99. The maximum atomic E-state index is 4.99. The Kier molecular flexibility index (Phi) is 14.9. The molecule has 0 saturated carbocycles. The van der Waals surface area contributed by atoms with Crippen molar-refractivity contribution in [1.82, 2.24) is 77.4 Å². The van der Waals surface area contributed by atoms with Gasteiger partial charge in [-0.3, -0.25) is 37.5 Å². The molecule has 8 aliphatic carbocycles. The van der Waals surface area contributed by atoms with Gasteiger partial charge < -0.3 is 0 Å². The van der Waals surface area contributed by atoms with Gasteiger partial charge in [0.25, 0.3) is 0 Å². The predicted molar refractivity (Wildman–Crippen MR) is 559 cm³/mol. The Balaban J connectivity index is 0.0000000829. The molecule has 36 rings (SSSR count). The van der Waals surface area contributed by atoms with Crippen LogP contribution in [0.3, 0.4) is 0 Å². The molecule has 0 saturated heterocycles. The molecule has 16 nitrogen and oxygen atoms in total. The highest BCUT2D eigenvalue weighted by Gasteiger charge is 2.37. The number of fused-ring (bicyclic) bond motifs is 63. The smallest absolute Gasteiger partial charge is 0.178 e. The first-order valence-corrected chi connectivity index (χ1v) is 48.2. The topological polar surface area (TPSA) is 172 Å². The van der Waals surface area contributed by atoms with Crippen molar-refractivity contribution in [2.45, 2.75) is 51.4 Å². The van der Waals surface area contributed by atoms with Gasteiger partial charge in [-0.15, -0.1) is 0 Å². The summed E-state index contributed by atoms with van der Waals surface area (Å²) in [6, 6.07) is 97.2. The predicted octanol–water partition coefficient (Wildman–Crippen LogP) is 26.9. The first-order chi connectivity index (χ1) is 69.4. The van der Waals surface area contributed by atoms with Crippen LogP contribution in [0.1, 0.15) is 89.0 Å². The third kappa shape index (κ3) is 10.1. The average Bonchev–Trinajstić information content (AvgIpc) is 1.55. The highest BCUT2D eigenvalue weighted by Crippen LogP contribution is 2.57. The molecule has 16 heterocycles. The molecule has 16 heteroatoms. The van der Waals surface area contributed by atoms with E-state index in [1.807, 2.05) is 98.6 Å². The summed E-state index contributed by atoms with van der Waals surface area (Å²) in [6.45, 7) is 0. The second-order valence-corrected chi connectivity index (χ2v) is 38.7. The summed E-state index contributed by atoms with van der Waals surface area (Å²) in [5, 5.41) is 14.4. The molecule has 648 valence electrons. The van der Waals surface area contributed by atoms with Gasteiger partial charge in [0, 0.05) is 139 Å². The second kappa shape index (κ2) is 27.7. The Bertz CT molecular complexity index is 10600. The van der Waals surface area contributed by atoms with Crippen molar-refractivity contribution in [2.24, 2.45) is 0 Å². The van der Waals surface area contributed by atoms with Crippen molar-refractivity contribution in [3.63, 3.8) is 0 Å². The highest BCUT2D eigenvalue weighted by molar-refractivity contribution is 6.22. The number of aromatic nitrogens is 16. The molecule has 12 aromatic carbocycles. The zero-order valence-corrected chi connectivity index (χ0v) is 75.1. The van der Waals surface area contributed by atoms with Crippen LogP contribution in [-0.4, -0.2) is 77.4 Å². The molecular formula is C124H72N16. The Morgan fingerprint density at radius 2 is 0.450 bits per heavy atom. The van der Waals surface area contributed by atoms with Gasteiger partial charge in [-0.2, -0.15) is 0 Å². The monoisotopic (exact) mass is 1780 g/mol. The van der Waals surface area contributed by atoms with Gasteiger partial charge in [0.2, 0.25) is 0 Å². The number of pyridine rings is 12. The summed E-state index contributed by atoms with van der Waals surface area (Å²) >= 11 is 0. The summed E-state index contributed by atoms with van der Waals surface area (Å²) in [4.78, 5) is 56.3. The lowest BCUT2D eigenvalue weighted by Crippen LogP contribution is -1.95. The van der Waals surface area contributed by atoms with E-state index < -0.39 is 0 Å². The molecule has 0 amide bonds. The van der Waals surface area contributed by atoms with E-state index in [-0.39, 0.29) is 0 Å². The number of hydrogen-bond acceptors (Lipinski definition) is 12. The Hall–Kier alpha value is -18.3. The molecule has 0 radical (unpaired) electrons. The largest absolute Gasteiger partial charge is 0.290 e. The molecule has 0 fully saturated rings. The van der Waals surface area contributed by atoms with E-state index in [4.69, 9.17) is 19.9 Å². The third-order valence-corrected chi connectivity index (χ3v) is 32.0. The molecule has 0 unspecified atom stereocenters. The lowest BCUT2D eigenvalue weighted by Gasteiger charge is -2.13. The molecule has 0 spiro atoms. The number of rotatable bonds is 0. The lowest BCUT2D eigenvalue weighted by atomic mass is 9.93.